The molecule has 0 spiro atoms. The predicted octanol–water partition coefficient (Wildman–Crippen LogP) is 2.69. The molecule has 0 saturated heterocycles. The van der Waals surface area contributed by atoms with E-state index in [0.29, 0.717) is 0 Å². The van der Waals surface area contributed by atoms with Gasteiger partial charge in [0, 0.05) is 11.6 Å². The Bertz CT molecular complexity index is 401. The van der Waals surface area contributed by atoms with Crippen molar-refractivity contribution in [1.82, 2.24) is 0 Å². The SMILES string of the molecule is COc1cc(F)c(Cl)c(F)c1CC#N. The molecule has 0 N–H and O–H groups in total. The first-order valence-electron chi connectivity index (χ1n) is 3.69. The van der Waals surface area contributed by atoms with Gasteiger partial charge in [-0.1, -0.05) is 11.6 Å². The van der Waals surface area contributed by atoms with Gasteiger partial charge in [0.1, 0.15) is 16.6 Å². The molecule has 5 heteroatoms. The first-order chi connectivity index (χ1) is 6.61. The van der Waals surface area contributed by atoms with Crippen LogP contribution in [0.15, 0.2) is 6.07 Å². The van der Waals surface area contributed by atoms with E-state index in [-0.39, 0.29) is 17.7 Å². The molecule has 0 unspecified atom stereocenters. The van der Waals surface area contributed by atoms with Crippen molar-refractivity contribution in [3.8, 4) is 11.8 Å². The fraction of sp³-hybridized carbons (Fsp3) is 0.222. The predicted molar refractivity (Wildman–Crippen MR) is 47.2 cm³/mol. The molecule has 14 heavy (non-hydrogen) atoms. The van der Waals surface area contributed by atoms with Crippen LogP contribution in [0.25, 0.3) is 0 Å². The van der Waals surface area contributed by atoms with Crippen LogP contribution < -0.4 is 4.74 Å². The second-order valence-corrected chi connectivity index (χ2v) is 2.88. The van der Waals surface area contributed by atoms with Gasteiger partial charge in [0.25, 0.3) is 0 Å². The Balaban J connectivity index is 3.38. The third kappa shape index (κ3) is 1.78. The molecule has 0 aliphatic rings. The van der Waals surface area contributed by atoms with Crippen LogP contribution in [0, 0.1) is 23.0 Å². The number of nitriles is 1. The molecular formula is C9H6ClF2NO. The van der Waals surface area contributed by atoms with Crippen molar-refractivity contribution in [2.24, 2.45) is 0 Å². The molecule has 0 atom stereocenters. The first-order valence-corrected chi connectivity index (χ1v) is 4.07. The van der Waals surface area contributed by atoms with Gasteiger partial charge in [0.15, 0.2) is 5.82 Å². The molecular weight excluding hydrogens is 212 g/mol. The topological polar surface area (TPSA) is 33.0 Å². The Hall–Kier alpha value is -1.34. The third-order valence-electron chi connectivity index (χ3n) is 1.70. The normalized spacial score (nSPS) is 9.64. The van der Waals surface area contributed by atoms with Crippen molar-refractivity contribution in [3.63, 3.8) is 0 Å². The summed E-state index contributed by atoms with van der Waals surface area (Å²) in [5, 5.41) is 7.80. The van der Waals surface area contributed by atoms with Gasteiger partial charge < -0.3 is 4.74 Å². The van der Waals surface area contributed by atoms with Gasteiger partial charge in [-0.05, 0) is 0 Å². The molecule has 0 radical (unpaired) electrons. The zero-order chi connectivity index (χ0) is 10.7. The lowest BCUT2D eigenvalue weighted by Gasteiger charge is -2.08. The summed E-state index contributed by atoms with van der Waals surface area (Å²) < 4.78 is 30.9. The summed E-state index contributed by atoms with van der Waals surface area (Å²) in [4.78, 5) is 0. The van der Waals surface area contributed by atoms with Crippen molar-refractivity contribution in [2.75, 3.05) is 7.11 Å². The van der Waals surface area contributed by atoms with Gasteiger partial charge in [0.05, 0.1) is 19.6 Å². The van der Waals surface area contributed by atoms with Gasteiger partial charge in [-0.2, -0.15) is 5.26 Å². The summed E-state index contributed by atoms with van der Waals surface area (Å²) in [5.41, 5.74) is -0.0265. The maximum Gasteiger partial charge on any atom is 0.152 e. The van der Waals surface area contributed by atoms with Crippen LogP contribution in [0.1, 0.15) is 5.56 Å². The van der Waals surface area contributed by atoms with E-state index in [2.05, 4.69) is 0 Å². The minimum absolute atomic E-state index is 0.00838. The molecule has 0 fully saturated rings. The number of halogens is 3. The molecule has 0 aliphatic heterocycles. The largest absolute Gasteiger partial charge is 0.496 e. The summed E-state index contributed by atoms with van der Waals surface area (Å²) in [5.74, 6) is -1.85. The number of rotatable bonds is 2. The summed E-state index contributed by atoms with van der Waals surface area (Å²) in [6, 6.07) is 2.70. The highest BCUT2D eigenvalue weighted by Crippen LogP contribution is 2.30. The van der Waals surface area contributed by atoms with Crippen molar-refractivity contribution in [2.45, 2.75) is 6.42 Å². The lowest BCUT2D eigenvalue weighted by molar-refractivity contribution is 0.401. The minimum Gasteiger partial charge on any atom is -0.496 e. The van der Waals surface area contributed by atoms with E-state index >= 15 is 0 Å². The summed E-state index contributed by atoms with van der Waals surface area (Å²) >= 11 is 5.33. The maximum absolute atomic E-state index is 13.3. The highest BCUT2D eigenvalue weighted by Gasteiger charge is 2.17. The highest BCUT2D eigenvalue weighted by atomic mass is 35.5. The van der Waals surface area contributed by atoms with Crippen LogP contribution in [-0.2, 0) is 6.42 Å². The number of hydrogen-bond acceptors (Lipinski definition) is 2. The standard InChI is InChI=1S/C9H6ClF2NO/c1-14-7-4-6(11)8(10)9(12)5(7)2-3-13/h4H,2H2,1H3. The smallest absolute Gasteiger partial charge is 0.152 e. The second-order valence-electron chi connectivity index (χ2n) is 2.50. The Morgan fingerprint density at radius 1 is 1.57 bits per heavy atom. The Kier molecular flexibility index (Phi) is 3.26. The molecule has 0 saturated carbocycles. The Labute approximate surface area is 84.7 Å². The van der Waals surface area contributed by atoms with E-state index in [9.17, 15) is 8.78 Å². The quantitative estimate of drug-likeness (QED) is 0.714. The molecule has 1 aromatic carbocycles. The van der Waals surface area contributed by atoms with Crippen LogP contribution in [0.3, 0.4) is 0 Å². The molecule has 2 nitrogen and oxygen atoms in total. The summed E-state index contributed by atoms with van der Waals surface area (Å²) in [7, 11) is 1.27. The zero-order valence-electron chi connectivity index (χ0n) is 7.27. The molecule has 0 aromatic heterocycles. The van der Waals surface area contributed by atoms with Crippen LogP contribution in [0.4, 0.5) is 8.78 Å². The van der Waals surface area contributed by atoms with Crippen LogP contribution in [0.2, 0.25) is 5.02 Å². The van der Waals surface area contributed by atoms with Crippen molar-refractivity contribution in [3.05, 3.63) is 28.3 Å². The van der Waals surface area contributed by atoms with E-state index in [1.165, 1.54) is 7.11 Å². The Morgan fingerprint density at radius 3 is 2.71 bits per heavy atom. The lowest BCUT2D eigenvalue weighted by atomic mass is 10.1. The number of hydrogen-bond donors (Lipinski definition) is 0. The molecule has 74 valence electrons. The van der Waals surface area contributed by atoms with Crippen LogP contribution in [-0.4, -0.2) is 7.11 Å². The van der Waals surface area contributed by atoms with Crippen molar-refractivity contribution in [1.29, 1.82) is 5.26 Å². The maximum atomic E-state index is 13.3. The average Bonchev–Trinajstić information content (AvgIpc) is 2.19. The van der Waals surface area contributed by atoms with E-state index < -0.39 is 16.7 Å². The van der Waals surface area contributed by atoms with E-state index in [1.54, 1.807) is 6.07 Å². The highest BCUT2D eigenvalue weighted by molar-refractivity contribution is 6.31. The van der Waals surface area contributed by atoms with E-state index in [1.807, 2.05) is 0 Å². The van der Waals surface area contributed by atoms with Gasteiger partial charge in [-0.3, -0.25) is 0 Å². The minimum atomic E-state index is -0.940. The molecule has 1 aromatic rings. The van der Waals surface area contributed by atoms with Crippen LogP contribution >= 0.6 is 11.6 Å². The molecule has 0 bridgehead atoms. The second kappa shape index (κ2) is 4.25. The molecule has 0 aliphatic carbocycles. The van der Waals surface area contributed by atoms with Gasteiger partial charge in [0.2, 0.25) is 0 Å². The fourth-order valence-electron chi connectivity index (χ4n) is 1.04. The number of nitrogens with zero attached hydrogens (tertiary/aromatic N) is 1. The van der Waals surface area contributed by atoms with Gasteiger partial charge in [-0.25, -0.2) is 8.78 Å². The van der Waals surface area contributed by atoms with E-state index in [4.69, 9.17) is 21.6 Å². The monoisotopic (exact) mass is 217 g/mol. The first kappa shape index (κ1) is 10.7. The van der Waals surface area contributed by atoms with Crippen LogP contribution in [0.5, 0.6) is 5.75 Å². The zero-order valence-corrected chi connectivity index (χ0v) is 8.03. The van der Waals surface area contributed by atoms with Crippen molar-refractivity contribution < 1.29 is 13.5 Å². The average molecular weight is 218 g/mol. The lowest BCUT2D eigenvalue weighted by Crippen LogP contribution is -1.98. The number of ether oxygens (including phenoxy) is 1. The van der Waals surface area contributed by atoms with E-state index in [0.717, 1.165) is 6.07 Å². The van der Waals surface area contributed by atoms with Gasteiger partial charge >= 0.3 is 0 Å². The third-order valence-corrected chi connectivity index (χ3v) is 2.04. The van der Waals surface area contributed by atoms with Gasteiger partial charge in [-0.15, -0.1) is 0 Å². The summed E-state index contributed by atoms with van der Waals surface area (Å²) in [6.45, 7) is 0. The molecule has 0 amide bonds. The number of methoxy groups -OCH3 is 1. The Morgan fingerprint density at radius 2 is 2.21 bits per heavy atom. The summed E-state index contributed by atoms with van der Waals surface area (Å²) in [6.07, 6.45) is -0.213. The fourth-order valence-corrected chi connectivity index (χ4v) is 1.21. The molecule has 1 rings (SSSR count). The molecule has 0 heterocycles. The van der Waals surface area contributed by atoms with Crippen molar-refractivity contribution >= 4 is 11.6 Å². The number of benzene rings is 1.